The van der Waals surface area contributed by atoms with Gasteiger partial charge in [0.15, 0.2) is 11.5 Å². The van der Waals surface area contributed by atoms with Gasteiger partial charge >= 0.3 is 0 Å². The number of hydrogen-bond acceptors (Lipinski definition) is 4. The quantitative estimate of drug-likeness (QED) is 0.316. The average Bonchev–Trinajstić information content (AvgIpc) is 2.94. The monoisotopic (exact) mass is 578 g/mol. The molecule has 0 saturated carbocycles. The molecule has 6 nitrogen and oxygen atoms in total. The zero-order chi connectivity index (χ0) is 26.9. The first-order valence-corrected chi connectivity index (χ1v) is 14.0. The van der Waals surface area contributed by atoms with E-state index in [1.54, 1.807) is 4.90 Å². The molecule has 0 bridgehead atoms. The summed E-state index contributed by atoms with van der Waals surface area (Å²) >= 11 is 3.54. The minimum atomic E-state index is -0.641. The summed E-state index contributed by atoms with van der Waals surface area (Å²) in [6.45, 7) is 5.42. The Bertz CT molecular complexity index is 1230. The zero-order valence-electron chi connectivity index (χ0n) is 22.0. The van der Waals surface area contributed by atoms with E-state index in [2.05, 4.69) is 21.2 Å². The highest BCUT2D eigenvalue weighted by molar-refractivity contribution is 9.10. The molecule has 1 aliphatic heterocycles. The molecule has 3 aromatic carbocycles. The molecule has 0 aromatic heterocycles. The Labute approximate surface area is 233 Å². The van der Waals surface area contributed by atoms with Crippen LogP contribution in [0.4, 0.5) is 0 Å². The van der Waals surface area contributed by atoms with Gasteiger partial charge in [0, 0.05) is 29.9 Å². The number of nitrogens with one attached hydrogen (secondary N) is 1. The molecule has 1 heterocycles. The lowest BCUT2D eigenvalue weighted by atomic mass is 10.0. The standard InChI is InChI=1S/C31H35BrN2O4/c1-3-22(2)33-31(36)27(19-23-8-5-4-6-9-23)34(21-25-10-7-11-26(32)18-25)30(35)15-13-24-12-14-28-29(20-24)38-17-16-37-28/h4-12,14,18,20,22,27H,3,13,15-17,19,21H2,1-2H3,(H,33,36)/t22-,27+/m1/s1. The minimum absolute atomic E-state index is 0.0151. The normalized spacial score (nSPS) is 13.9. The van der Waals surface area contributed by atoms with Crippen LogP contribution in [0.1, 0.15) is 43.4 Å². The number of amides is 2. The molecule has 2 atom stereocenters. The van der Waals surface area contributed by atoms with Crippen molar-refractivity contribution in [2.24, 2.45) is 0 Å². The topological polar surface area (TPSA) is 67.9 Å². The smallest absolute Gasteiger partial charge is 0.243 e. The minimum Gasteiger partial charge on any atom is -0.486 e. The highest BCUT2D eigenvalue weighted by atomic mass is 79.9. The van der Waals surface area contributed by atoms with Crippen LogP contribution in [0.2, 0.25) is 0 Å². The second-order valence-electron chi connectivity index (χ2n) is 9.65. The second kappa shape index (κ2) is 13.5. The van der Waals surface area contributed by atoms with Crippen molar-refractivity contribution in [3.8, 4) is 11.5 Å². The van der Waals surface area contributed by atoms with E-state index in [4.69, 9.17) is 9.47 Å². The Morgan fingerprint density at radius 3 is 2.39 bits per heavy atom. The van der Waals surface area contributed by atoms with Crippen molar-refractivity contribution in [3.05, 3.63) is 94.0 Å². The van der Waals surface area contributed by atoms with E-state index in [1.807, 2.05) is 86.6 Å². The highest BCUT2D eigenvalue weighted by Gasteiger charge is 2.31. The van der Waals surface area contributed by atoms with E-state index in [0.717, 1.165) is 33.3 Å². The zero-order valence-corrected chi connectivity index (χ0v) is 23.6. The van der Waals surface area contributed by atoms with Gasteiger partial charge in [0.2, 0.25) is 11.8 Å². The Morgan fingerprint density at radius 2 is 1.66 bits per heavy atom. The lowest BCUT2D eigenvalue weighted by Crippen LogP contribution is -2.52. The van der Waals surface area contributed by atoms with Crippen molar-refractivity contribution in [3.63, 3.8) is 0 Å². The molecule has 1 aliphatic rings. The maximum Gasteiger partial charge on any atom is 0.243 e. The average molecular weight is 580 g/mol. The third kappa shape index (κ3) is 7.60. The number of carbonyl (C=O) groups excluding carboxylic acids is 2. The Balaban J connectivity index is 1.60. The van der Waals surface area contributed by atoms with E-state index < -0.39 is 6.04 Å². The van der Waals surface area contributed by atoms with Gasteiger partial charge in [-0.3, -0.25) is 9.59 Å². The summed E-state index contributed by atoms with van der Waals surface area (Å²) in [5.74, 6) is 1.24. The van der Waals surface area contributed by atoms with Crippen LogP contribution in [0.5, 0.6) is 11.5 Å². The summed E-state index contributed by atoms with van der Waals surface area (Å²) in [5.41, 5.74) is 2.96. The van der Waals surface area contributed by atoms with Gasteiger partial charge in [-0.2, -0.15) is 0 Å². The van der Waals surface area contributed by atoms with Crippen LogP contribution in [0.25, 0.3) is 0 Å². The number of hydrogen-bond donors (Lipinski definition) is 1. The first-order chi connectivity index (χ1) is 18.4. The van der Waals surface area contributed by atoms with Crippen molar-refractivity contribution < 1.29 is 19.1 Å². The van der Waals surface area contributed by atoms with Crippen LogP contribution < -0.4 is 14.8 Å². The maximum atomic E-state index is 13.9. The molecular weight excluding hydrogens is 544 g/mol. The SMILES string of the molecule is CC[C@@H](C)NC(=O)[C@H](Cc1ccccc1)N(Cc1cccc(Br)c1)C(=O)CCc1ccc2c(c1)OCCO2. The number of fused-ring (bicyclic) bond motifs is 1. The Hall–Kier alpha value is -3.32. The van der Waals surface area contributed by atoms with Crippen LogP contribution >= 0.6 is 15.9 Å². The predicted molar refractivity (Wildman–Crippen MR) is 152 cm³/mol. The summed E-state index contributed by atoms with van der Waals surface area (Å²) < 4.78 is 12.3. The van der Waals surface area contributed by atoms with Gasteiger partial charge in [-0.05, 0) is 60.7 Å². The lowest BCUT2D eigenvalue weighted by molar-refractivity contribution is -0.141. The van der Waals surface area contributed by atoms with Gasteiger partial charge in [0.25, 0.3) is 0 Å². The molecule has 0 saturated heterocycles. The van der Waals surface area contributed by atoms with E-state index in [9.17, 15) is 9.59 Å². The highest BCUT2D eigenvalue weighted by Crippen LogP contribution is 2.31. The van der Waals surface area contributed by atoms with Crippen molar-refractivity contribution in [2.75, 3.05) is 13.2 Å². The van der Waals surface area contributed by atoms with Crippen LogP contribution in [0.15, 0.2) is 77.3 Å². The van der Waals surface area contributed by atoms with Crippen LogP contribution in [0, 0.1) is 0 Å². The lowest BCUT2D eigenvalue weighted by Gasteiger charge is -2.32. The number of ether oxygens (including phenoxy) is 2. The molecule has 38 heavy (non-hydrogen) atoms. The van der Waals surface area contributed by atoms with Gasteiger partial charge < -0.3 is 19.7 Å². The number of halogens is 1. The maximum absolute atomic E-state index is 13.9. The van der Waals surface area contributed by atoms with Crippen LogP contribution in [0.3, 0.4) is 0 Å². The van der Waals surface area contributed by atoms with E-state index in [0.29, 0.717) is 38.3 Å². The number of benzene rings is 3. The third-order valence-corrected chi connectivity index (χ3v) is 7.24. The van der Waals surface area contributed by atoms with Gasteiger partial charge in [0.1, 0.15) is 19.3 Å². The second-order valence-corrected chi connectivity index (χ2v) is 10.6. The number of aryl methyl sites for hydroxylation is 1. The summed E-state index contributed by atoms with van der Waals surface area (Å²) in [4.78, 5) is 29.2. The third-order valence-electron chi connectivity index (χ3n) is 6.75. The van der Waals surface area contributed by atoms with Crippen LogP contribution in [-0.2, 0) is 29.0 Å². The first-order valence-electron chi connectivity index (χ1n) is 13.2. The van der Waals surface area contributed by atoms with E-state index >= 15 is 0 Å². The van der Waals surface area contributed by atoms with E-state index in [1.165, 1.54) is 0 Å². The van der Waals surface area contributed by atoms with Gasteiger partial charge in [-0.25, -0.2) is 0 Å². The van der Waals surface area contributed by atoms with Crippen molar-refractivity contribution >= 4 is 27.7 Å². The van der Waals surface area contributed by atoms with Gasteiger partial charge in [-0.15, -0.1) is 0 Å². The molecule has 200 valence electrons. The summed E-state index contributed by atoms with van der Waals surface area (Å²) in [6.07, 6.45) is 2.06. The molecule has 7 heteroatoms. The fraction of sp³-hybridized carbons (Fsp3) is 0.355. The summed E-state index contributed by atoms with van der Waals surface area (Å²) in [5, 5.41) is 3.12. The largest absolute Gasteiger partial charge is 0.486 e. The van der Waals surface area contributed by atoms with Crippen molar-refractivity contribution in [1.29, 1.82) is 0 Å². The van der Waals surface area contributed by atoms with E-state index in [-0.39, 0.29) is 24.3 Å². The Morgan fingerprint density at radius 1 is 0.921 bits per heavy atom. The number of rotatable bonds is 11. The molecule has 3 aromatic rings. The molecule has 0 aliphatic carbocycles. The predicted octanol–water partition coefficient (Wildman–Crippen LogP) is 5.71. The Kier molecular flexibility index (Phi) is 9.82. The number of nitrogens with zero attached hydrogens (tertiary/aromatic N) is 1. The molecule has 1 N–H and O–H groups in total. The summed E-state index contributed by atoms with van der Waals surface area (Å²) in [6, 6.07) is 22.9. The summed E-state index contributed by atoms with van der Waals surface area (Å²) in [7, 11) is 0. The fourth-order valence-electron chi connectivity index (χ4n) is 4.47. The molecule has 0 fully saturated rings. The van der Waals surface area contributed by atoms with Gasteiger partial charge in [-0.1, -0.05) is 71.4 Å². The first kappa shape index (κ1) is 27.7. The molecule has 0 unspecified atom stereocenters. The van der Waals surface area contributed by atoms with Crippen molar-refractivity contribution in [2.45, 2.75) is 58.2 Å². The van der Waals surface area contributed by atoms with Gasteiger partial charge in [0.05, 0.1) is 0 Å². The molecular formula is C31H35BrN2O4. The van der Waals surface area contributed by atoms with Crippen molar-refractivity contribution in [1.82, 2.24) is 10.2 Å². The molecule has 4 rings (SSSR count). The molecule has 2 amide bonds. The fourth-order valence-corrected chi connectivity index (χ4v) is 4.91. The molecule has 0 radical (unpaired) electrons. The molecule has 0 spiro atoms. The van der Waals surface area contributed by atoms with Crippen LogP contribution in [-0.4, -0.2) is 42.0 Å². The number of carbonyl (C=O) groups is 2.